The molecule has 3 atom stereocenters. The van der Waals surface area contributed by atoms with Crippen LogP contribution < -0.4 is 5.32 Å². The van der Waals surface area contributed by atoms with Crippen LogP contribution in [0.1, 0.15) is 63.4 Å². The fourth-order valence-electron chi connectivity index (χ4n) is 5.97. The number of likely N-dealkylation sites (tertiary alicyclic amines) is 1. The zero-order valence-corrected chi connectivity index (χ0v) is 17.1. The maximum atomic E-state index is 13.0. The summed E-state index contributed by atoms with van der Waals surface area (Å²) in [5.74, 6) is 1.76. The van der Waals surface area contributed by atoms with Crippen molar-refractivity contribution in [2.45, 2.75) is 75.9 Å². The molecular formula is C24H36N2O2. The highest BCUT2D eigenvalue weighted by molar-refractivity contribution is 5.79. The topological polar surface area (TPSA) is 52.6 Å². The highest BCUT2D eigenvalue weighted by Crippen LogP contribution is 2.46. The summed E-state index contributed by atoms with van der Waals surface area (Å²) in [4.78, 5) is 15.2. The SMILES string of the molecule is O=C(CN1CCC(O)CC1)NC1(CCc2ccccc2)CC2CCC[C@H](C2)C1. The molecule has 0 aromatic heterocycles. The van der Waals surface area contributed by atoms with Crippen molar-refractivity contribution in [3.05, 3.63) is 35.9 Å². The van der Waals surface area contributed by atoms with Crippen LogP contribution >= 0.6 is 0 Å². The number of aryl methyl sites for hydroxylation is 1. The monoisotopic (exact) mass is 384 g/mol. The van der Waals surface area contributed by atoms with Crippen LogP contribution in [0.15, 0.2) is 30.3 Å². The maximum absolute atomic E-state index is 13.0. The predicted molar refractivity (Wildman–Crippen MR) is 112 cm³/mol. The van der Waals surface area contributed by atoms with Gasteiger partial charge in [-0.05, 0) is 62.3 Å². The molecule has 1 aliphatic heterocycles. The lowest BCUT2D eigenvalue weighted by Gasteiger charge is -2.48. The summed E-state index contributed by atoms with van der Waals surface area (Å²) in [6.45, 7) is 2.14. The van der Waals surface area contributed by atoms with Crippen LogP contribution in [0.4, 0.5) is 0 Å². The molecule has 1 heterocycles. The molecule has 28 heavy (non-hydrogen) atoms. The molecule has 4 nitrogen and oxygen atoms in total. The Hall–Kier alpha value is -1.39. The minimum absolute atomic E-state index is 0.0315. The Kier molecular flexibility index (Phi) is 6.37. The number of hydrogen-bond donors (Lipinski definition) is 2. The number of carbonyl (C=O) groups excluding carboxylic acids is 1. The molecule has 2 N–H and O–H groups in total. The van der Waals surface area contributed by atoms with E-state index in [0.29, 0.717) is 6.54 Å². The summed E-state index contributed by atoms with van der Waals surface area (Å²) in [6, 6.07) is 10.7. The number of carbonyl (C=O) groups is 1. The molecule has 1 aromatic rings. The van der Waals surface area contributed by atoms with Crippen molar-refractivity contribution in [1.29, 1.82) is 0 Å². The molecule has 2 aliphatic carbocycles. The number of aliphatic hydroxyl groups excluding tert-OH is 1. The van der Waals surface area contributed by atoms with Crippen molar-refractivity contribution < 1.29 is 9.90 Å². The van der Waals surface area contributed by atoms with E-state index in [9.17, 15) is 9.90 Å². The van der Waals surface area contributed by atoms with E-state index in [-0.39, 0.29) is 17.6 Å². The minimum atomic E-state index is -0.186. The first-order valence-electron chi connectivity index (χ1n) is 11.4. The second-order valence-electron chi connectivity index (χ2n) is 9.63. The third-order valence-corrected chi connectivity index (χ3v) is 7.31. The van der Waals surface area contributed by atoms with Gasteiger partial charge in [0, 0.05) is 18.6 Å². The minimum Gasteiger partial charge on any atom is -0.393 e. The van der Waals surface area contributed by atoms with Crippen molar-refractivity contribution in [1.82, 2.24) is 10.2 Å². The molecule has 1 amide bonds. The third kappa shape index (κ3) is 5.15. The Morgan fingerprint density at radius 1 is 1.07 bits per heavy atom. The molecule has 1 aromatic carbocycles. The Morgan fingerprint density at radius 3 is 2.43 bits per heavy atom. The molecule has 2 saturated carbocycles. The summed E-state index contributed by atoms with van der Waals surface area (Å²) < 4.78 is 0. The highest BCUT2D eigenvalue weighted by Gasteiger charge is 2.42. The van der Waals surface area contributed by atoms with Crippen LogP contribution in [0.5, 0.6) is 0 Å². The standard InChI is InChI=1S/C24H36N2O2/c27-22-10-13-26(14-11-22)18-23(28)25-24(12-9-19-5-2-1-3-6-19)16-20-7-4-8-21(15-20)17-24/h1-3,5-6,20-22,27H,4,7-18H2,(H,25,28)/t20-,21?,24?/m1/s1. The van der Waals surface area contributed by atoms with Gasteiger partial charge >= 0.3 is 0 Å². The maximum Gasteiger partial charge on any atom is 0.234 e. The van der Waals surface area contributed by atoms with Gasteiger partial charge in [0.1, 0.15) is 0 Å². The van der Waals surface area contributed by atoms with E-state index in [1.807, 2.05) is 0 Å². The molecule has 1 saturated heterocycles. The Labute approximate surface area is 169 Å². The number of rotatable bonds is 6. The van der Waals surface area contributed by atoms with Crippen molar-refractivity contribution in [3.63, 3.8) is 0 Å². The lowest BCUT2D eigenvalue weighted by atomic mass is 9.63. The van der Waals surface area contributed by atoms with Crippen LogP contribution in [0.3, 0.4) is 0 Å². The molecular weight excluding hydrogens is 348 g/mol. The first kappa shape index (κ1) is 19.9. The Bertz CT molecular complexity index is 627. The zero-order valence-electron chi connectivity index (χ0n) is 17.1. The predicted octanol–water partition coefficient (Wildman–Crippen LogP) is 3.53. The van der Waals surface area contributed by atoms with Gasteiger partial charge in [-0.2, -0.15) is 0 Å². The average molecular weight is 385 g/mol. The van der Waals surface area contributed by atoms with E-state index in [2.05, 4.69) is 40.5 Å². The van der Waals surface area contributed by atoms with Gasteiger partial charge in [0.25, 0.3) is 0 Å². The molecule has 0 spiro atoms. The van der Waals surface area contributed by atoms with Gasteiger partial charge in [-0.1, -0.05) is 49.6 Å². The van der Waals surface area contributed by atoms with Crippen LogP contribution in [-0.2, 0) is 11.2 Å². The molecule has 0 radical (unpaired) electrons. The van der Waals surface area contributed by atoms with Crippen molar-refractivity contribution in [2.75, 3.05) is 19.6 Å². The second-order valence-corrected chi connectivity index (χ2v) is 9.63. The number of piperidine rings is 1. The smallest absolute Gasteiger partial charge is 0.234 e. The van der Waals surface area contributed by atoms with Gasteiger partial charge < -0.3 is 10.4 Å². The largest absolute Gasteiger partial charge is 0.393 e. The van der Waals surface area contributed by atoms with E-state index in [1.165, 1.54) is 31.2 Å². The number of nitrogens with one attached hydrogen (secondary N) is 1. The number of amides is 1. The first-order valence-corrected chi connectivity index (χ1v) is 11.4. The van der Waals surface area contributed by atoms with Gasteiger partial charge in [-0.3, -0.25) is 9.69 Å². The van der Waals surface area contributed by atoms with Crippen LogP contribution in [0, 0.1) is 11.8 Å². The summed E-state index contributed by atoms with van der Waals surface area (Å²) in [6.07, 6.45) is 11.2. The molecule has 4 heteroatoms. The van der Waals surface area contributed by atoms with Gasteiger partial charge in [-0.25, -0.2) is 0 Å². The summed E-state index contributed by atoms with van der Waals surface area (Å²) >= 11 is 0. The molecule has 4 rings (SSSR count). The molecule has 2 bridgehead atoms. The number of fused-ring (bicyclic) bond motifs is 2. The van der Waals surface area contributed by atoms with E-state index in [0.717, 1.165) is 63.5 Å². The average Bonchev–Trinajstić information content (AvgIpc) is 2.69. The molecule has 3 fully saturated rings. The zero-order chi connectivity index (χ0) is 19.4. The van der Waals surface area contributed by atoms with E-state index in [1.54, 1.807) is 0 Å². The van der Waals surface area contributed by atoms with Crippen LogP contribution in [-0.4, -0.2) is 47.2 Å². The number of benzene rings is 1. The van der Waals surface area contributed by atoms with Crippen LogP contribution in [0.2, 0.25) is 0 Å². The number of aliphatic hydroxyl groups is 1. The molecule has 3 aliphatic rings. The summed E-state index contributed by atoms with van der Waals surface area (Å²) in [5, 5.41) is 13.3. The fourth-order valence-corrected chi connectivity index (χ4v) is 5.97. The number of hydrogen-bond acceptors (Lipinski definition) is 3. The van der Waals surface area contributed by atoms with Gasteiger partial charge in [-0.15, -0.1) is 0 Å². The normalized spacial score (nSPS) is 31.5. The first-order chi connectivity index (χ1) is 13.6. The van der Waals surface area contributed by atoms with Gasteiger partial charge in [0.05, 0.1) is 12.6 Å². The quantitative estimate of drug-likeness (QED) is 0.789. The van der Waals surface area contributed by atoms with E-state index in [4.69, 9.17) is 0 Å². The lowest BCUT2D eigenvalue weighted by Crippen LogP contribution is -2.56. The van der Waals surface area contributed by atoms with Gasteiger partial charge in [0.2, 0.25) is 5.91 Å². The number of nitrogens with zero attached hydrogens (tertiary/aromatic N) is 1. The van der Waals surface area contributed by atoms with Crippen LogP contribution in [0.25, 0.3) is 0 Å². The van der Waals surface area contributed by atoms with Crippen molar-refractivity contribution >= 4 is 5.91 Å². The Balaban J connectivity index is 1.41. The molecule has 154 valence electrons. The van der Waals surface area contributed by atoms with Crippen molar-refractivity contribution in [2.24, 2.45) is 11.8 Å². The Morgan fingerprint density at radius 2 is 1.75 bits per heavy atom. The second kappa shape index (κ2) is 8.96. The molecule has 2 unspecified atom stereocenters. The van der Waals surface area contributed by atoms with Crippen molar-refractivity contribution in [3.8, 4) is 0 Å². The summed E-state index contributed by atoms with van der Waals surface area (Å²) in [7, 11) is 0. The summed E-state index contributed by atoms with van der Waals surface area (Å²) in [5.41, 5.74) is 1.34. The highest BCUT2D eigenvalue weighted by atomic mass is 16.3. The van der Waals surface area contributed by atoms with Gasteiger partial charge in [0.15, 0.2) is 0 Å². The van der Waals surface area contributed by atoms with E-state index < -0.39 is 0 Å². The fraction of sp³-hybridized carbons (Fsp3) is 0.708. The van der Waals surface area contributed by atoms with E-state index >= 15 is 0 Å². The lowest BCUT2D eigenvalue weighted by molar-refractivity contribution is -0.126. The third-order valence-electron chi connectivity index (χ3n) is 7.31.